The highest BCUT2D eigenvalue weighted by molar-refractivity contribution is 7.99. The van der Waals surface area contributed by atoms with Gasteiger partial charge in [0.15, 0.2) is 5.16 Å². The summed E-state index contributed by atoms with van der Waals surface area (Å²) in [5, 5.41) is 7.48. The van der Waals surface area contributed by atoms with E-state index < -0.39 is 0 Å². The molecule has 0 radical (unpaired) electrons. The van der Waals surface area contributed by atoms with Crippen molar-refractivity contribution in [2.24, 2.45) is 0 Å². The van der Waals surface area contributed by atoms with Crippen LogP contribution in [0, 0.1) is 13.8 Å². The predicted octanol–water partition coefficient (Wildman–Crippen LogP) is 3.34. The Kier molecular flexibility index (Phi) is 5.89. The van der Waals surface area contributed by atoms with Gasteiger partial charge in [0, 0.05) is 36.0 Å². The van der Waals surface area contributed by atoms with Gasteiger partial charge in [0.2, 0.25) is 17.6 Å². The summed E-state index contributed by atoms with van der Waals surface area (Å²) in [5.74, 6) is 0.898. The molecule has 30 heavy (non-hydrogen) atoms. The maximum absolute atomic E-state index is 12.3. The van der Waals surface area contributed by atoms with Gasteiger partial charge < -0.3 is 9.84 Å². The Morgan fingerprint density at radius 3 is 2.67 bits per heavy atom. The number of rotatable bonds is 7. The third-order valence-electron chi connectivity index (χ3n) is 4.27. The van der Waals surface area contributed by atoms with Gasteiger partial charge in [-0.2, -0.15) is 4.98 Å². The van der Waals surface area contributed by atoms with E-state index in [1.807, 2.05) is 10.8 Å². The SMILES string of the molecule is Cc1cc(C)cc(-n2ccnc2SCC(=O)NCc2nc(-c3ccncc3)no2)c1. The normalized spacial score (nSPS) is 10.9. The van der Waals surface area contributed by atoms with Gasteiger partial charge >= 0.3 is 0 Å². The molecular weight excluding hydrogens is 400 g/mol. The highest BCUT2D eigenvalue weighted by Crippen LogP contribution is 2.22. The number of imidazole rings is 1. The zero-order valence-electron chi connectivity index (χ0n) is 16.6. The standard InChI is InChI=1S/C21H20N6O2S/c1-14-9-15(2)11-17(10-14)27-8-7-23-21(27)30-13-18(28)24-12-19-25-20(26-29-19)16-3-5-22-6-4-16/h3-11H,12-13H2,1-2H3,(H,24,28). The zero-order chi connectivity index (χ0) is 20.9. The number of aromatic nitrogens is 5. The monoisotopic (exact) mass is 420 g/mol. The number of thioether (sulfide) groups is 1. The summed E-state index contributed by atoms with van der Waals surface area (Å²) < 4.78 is 7.18. The topological polar surface area (TPSA) is 98.7 Å². The van der Waals surface area contributed by atoms with Crippen LogP contribution < -0.4 is 5.32 Å². The molecule has 0 atom stereocenters. The summed E-state index contributed by atoms with van der Waals surface area (Å²) in [5.41, 5.74) is 4.19. The Balaban J connectivity index is 1.33. The fourth-order valence-electron chi connectivity index (χ4n) is 2.98. The van der Waals surface area contributed by atoms with Crippen molar-refractivity contribution in [1.29, 1.82) is 0 Å². The van der Waals surface area contributed by atoms with E-state index in [0.29, 0.717) is 11.7 Å². The summed E-state index contributed by atoms with van der Waals surface area (Å²) in [6.07, 6.45) is 6.95. The van der Waals surface area contributed by atoms with Crippen molar-refractivity contribution < 1.29 is 9.32 Å². The zero-order valence-corrected chi connectivity index (χ0v) is 17.4. The van der Waals surface area contributed by atoms with Crippen molar-refractivity contribution in [3.05, 3.63) is 72.1 Å². The van der Waals surface area contributed by atoms with Crippen LogP contribution in [0.3, 0.4) is 0 Å². The van der Waals surface area contributed by atoms with Crippen molar-refractivity contribution in [3.63, 3.8) is 0 Å². The summed E-state index contributed by atoms with van der Waals surface area (Å²) in [6.45, 7) is 4.29. The molecule has 0 aliphatic rings. The van der Waals surface area contributed by atoms with Crippen LogP contribution in [0.15, 0.2) is 64.8 Å². The van der Waals surface area contributed by atoms with Crippen molar-refractivity contribution in [2.75, 3.05) is 5.75 Å². The molecule has 152 valence electrons. The number of benzene rings is 1. The molecule has 8 nitrogen and oxygen atoms in total. The molecule has 0 fully saturated rings. The van der Waals surface area contributed by atoms with Crippen LogP contribution in [0.5, 0.6) is 0 Å². The van der Waals surface area contributed by atoms with Crippen LogP contribution >= 0.6 is 11.8 Å². The highest BCUT2D eigenvalue weighted by Gasteiger charge is 2.12. The highest BCUT2D eigenvalue weighted by atomic mass is 32.2. The first-order valence-electron chi connectivity index (χ1n) is 9.33. The van der Waals surface area contributed by atoms with Crippen LogP contribution in [0.1, 0.15) is 17.0 Å². The molecule has 0 aliphatic carbocycles. The Labute approximate surface area is 177 Å². The summed E-state index contributed by atoms with van der Waals surface area (Å²) in [4.78, 5) is 24.9. The number of nitrogens with one attached hydrogen (secondary N) is 1. The lowest BCUT2D eigenvalue weighted by Crippen LogP contribution is -2.24. The van der Waals surface area contributed by atoms with Gasteiger partial charge in [0.05, 0.1) is 12.3 Å². The molecule has 1 amide bonds. The van der Waals surface area contributed by atoms with E-state index in [2.05, 4.69) is 57.5 Å². The molecule has 0 saturated carbocycles. The van der Waals surface area contributed by atoms with Gasteiger partial charge in [-0.15, -0.1) is 0 Å². The van der Waals surface area contributed by atoms with Crippen LogP contribution in [0.25, 0.3) is 17.1 Å². The van der Waals surface area contributed by atoms with Gasteiger partial charge in [0.1, 0.15) is 0 Å². The fourth-order valence-corrected chi connectivity index (χ4v) is 3.79. The molecule has 9 heteroatoms. The van der Waals surface area contributed by atoms with Gasteiger partial charge in [-0.25, -0.2) is 4.98 Å². The molecule has 0 saturated heterocycles. The molecular formula is C21H20N6O2S. The second kappa shape index (κ2) is 8.91. The molecule has 1 aromatic carbocycles. The number of pyridine rings is 1. The van der Waals surface area contributed by atoms with E-state index in [9.17, 15) is 4.79 Å². The number of carbonyl (C=O) groups is 1. The van der Waals surface area contributed by atoms with E-state index in [-0.39, 0.29) is 18.2 Å². The van der Waals surface area contributed by atoms with Gasteiger partial charge in [-0.05, 0) is 49.2 Å². The summed E-state index contributed by atoms with van der Waals surface area (Å²) in [7, 11) is 0. The minimum absolute atomic E-state index is 0.140. The average molecular weight is 420 g/mol. The van der Waals surface area contributed by atoms with E-state index in [4.69, 9.17) is 4.52 Å². The summed E-state index contributed by atoms with van der Waals surface area (Å²) in [6, 6.07) is 9.89. The first-order chi connectivity index (χ1) is 14.6. The minimum atomic E-state index is -0.140. The molecule has 3 heterocycles. The maximum Gasteiger partial charge on any atom is 0.246 e. The number of nitrogens with zero attached hydrogens (tertiary/aromatic N) is 5. The first-order valence-corrected chi connectivity index (χ1v) is 10.3. The van der Waals surface area contributed by atoms with Crippen molar-refractivity contribution in [1.82, 2.24) is 30.0 Å². The van der Waals surface area contributed by atoms with Gasteiger partial charge in [-0.3, -0.25) is 14.3 Å². The Hall–Kier alpha value is -3.46. The number of hydrogen-bond acceptors (Lipinski definition) is 7. The van der Waals surface area contributed by atoms with E-state index in [1.165, 1.54) is 22.9 Å². The van der Waals surface area contributed by atoms with E-state index >= 15 is 0 Å². The molecule has 0 unspecified atom stereocenters. The molecule has 0 bridgehead atoms. The third-order valence-corrected chi connectivity index (χ3v) is 5.23. The molecule has 4 aromatic rings. The van der Waals surface area contributed by atoms with Crippen LogP contribution in [-0.4, -0.2) is 36.3 Å². The fraction of sp³-hybridized carbons (Fsp3) is 0.190. The number of amides is 1. The smallest absolute Gasteiger partial charge is 0.246 e. The number of hydrogen-bond donors (Lipinski definition) is 1. The second-order valence-electron chi connectivity index (χ2n) is 6.74. The Morgan fingerprint density at radius 1 is 1.13 bits per heavy atom. The molecule has 0 spiro atoms. The lowest BCUT2D eigenvalue weighted by molar-refractivity contribution is -0.118. The Bertz CT molecular complexity index is 1140. The quantitative estimate of drug-likeness (QED) is 0.458. The van der Waals surface area contributed by atoms with Crippen molar-refractivity contribution in [3.8, 4) is 17.1 Å². The molecule has 4 rings (SSSR count). The van der Waals surface area contributed by atoms with Crippen molar-refractivity contribution in [2.45, 2.75) is 25.5 Å². The number of aryl methyl sites for hydroxylation is 2. The van der Waals surface area contributed by atoms with Gasteiger partial charge in [0.25, 0.3) is 0 Å². The minimum Gasteiger partial charge on any atom is -0.346 e. The number of carbonyl (C=O) groups excluding carboxylic acids is 1. The van der Waals surface area contributed by atoms with Crippen LogP contribution in [0.2, 0.25) is 0 Å². The maximum atomic E-state index is 12.3. The largest absolute Gasteiger partial charge is 0.346 e. The van der Waals surface area contributed by atoms with Crippen LogP contribution in [0.4, 0.5) is 0 Å². The lowest BCUT2D eigenvalue weighted by atomic mass is 10.1. The summed E-state index contributed by atoms with van der Waals surface area (Å²) >= 11 is 1.37. The molecule has 0 aliphatic heterocycles. The molecule has 3 aromatic heterocycles. The van der Waals surface area contributed by atoms with E-state index in [0.717, 1.165) is 16.4 Å². The third kappa shape index (κ3) is 4.74. The molecule has 1 N–H and O–H groups in total. The average Bonchev–Trinajstić information content (AvgIpc) is 3.40. The second-order valence-corrected chi connectivity index (χ2v) is 7.68. The predicted molar refractivity (Wildman–Crippen MR) is 113 cm³/mol. The first kappa shape index (κ1) is 19.8. The van der Waals surface area contributed by atoms with Crippen LogP contribution in [-0.2, 0) is 11.3 Å². The van der Waals surface area contributed by atoms with Gasteiger partial charge in [-0.1, -0.05) is 23.0 Å². The lowest BCUT2D eigenvalue weighted by Gasteiger charge is -2.09. The Morgan fingerprint density at radius 2 is 1.90 bits per heavy atom. The van der Waals surface area contributed by atoms with Crippen molar-refractivity contribution >= 4 is 17.7 Å². The van der Waals surface area contributed by atoms with E-state index in [1.54, 1.807) is 30.7 Å².